The SMILES string of the molecule is Cc1c(-c2nc3cc(CN4CC[C@@H](C(=O)CO)C4)cc(C#N)c3o2)cccc1-c1cccc(Nc2nccc3cc(C4CCCN4)cnc23)c1Cl. The van der Waals surface area contributed by atoms with Gasteiger partial charge in [0.1, 0.15) is 23.7 Å². The Balaban J connectivity index is 1.08. The van der Waals surface area contributed by atoms with Crippen molar-refractivity contribution < 1.29 is 14.3 Å². The molecule has 2 aliphatic rings. The number of aliphatic hydroxyl groups is 1. The molecule has 0 radical (unpaired) electrons. The van der Waals surface area contributed by atoms with Crippen LogP contribution >= 0.6 is 11.6 Å². The third kappa shape index (κ3) is 6.34. The molecule has 5 heterocycles. The summed E-state index contributed by atoms with van der Waals surface area (Å²) in [7, 11) is 0. The van der Waals surface area contributed by atoms with E-state index in [1.54, 1.807) is 6.20 Å². The van der Waals surface area contributed by atoms with Crippen LogP contribution in [-0.2, 0) is 11.3 Å². The van der Waals surface area contributed by atoms with E-state index in [-0.39, 0.29) is 11.7 Å². The minimum absolute atomic E-state index is 0.126. The first kappa shape index (κ1) is 33.0. The lowest BCUT2D eigenvalue weighted by Crippen LogP contribution is -2.24. The number of hydrogen-bond donors (Lipinski definition) is 3. The Morgan fingerprint density at radius 1 is 1.12 bits per heavy atom. The zero-order valence-corrected chi connectivity index (χ0v) is 28.9. The number of rotatable bonds is 9. The quantitative estimate of drug-likeness (QED) is 0.139. The molecule has 256 valence electrons. The van der Waals surface area contributed by atoms with Gasteiger partial charge in [0.05, 0.1) is 16.3 Å². The van der Waals surface area contributed by atoms with Crippen molar-refractivity contribution in [2.24, 2.45) is 5.92 Å². The molecule has 3 aromatic carbocycles. The van der Waals surface area contributed by atoms with Crippen molar-refractivity contribution in [3.8, 4) is 28.7 Å². The molecule has 2 atom stereocenters. The van der Waals surface area contributed by atoms with E-state index in [1.165, 1.54) is 12.0 Å². The first-order valence-corrected chi connectivity index (χ1v) is 17.6. The van der Waals surface area contributed by atoms with Gasteiger partial charge in [0.2, 0.25) is 5.89 Å². The molecule has 0 amide bonds. The van der Waals surface area contributed by atoms with E-state index in [4.69, 9.17) is 26.0 Å². The summed E-state index contributed by atoms with van der Waals surface area (Å²) in [5, 5.41) is 27.8. The smallest absolute Gasteiger partial charge is 0.227 e. The second-order valence-electron chi connectivity index (χ2n) is 13.4. The molecule has 0 spiro atoms. The van der Waals surface area contributed by atoms with Crippen LogP contribution in [0.4, 0.5) is 11.5 Å². The Bertz CT molecular complexity index is 2340. The Labute approximate surface area is 300 Å². The highest BCUT2D eigenvalue weighted by atomic mass is 35.5. The number of nitriles is 1. The number of ketones is 1. The number of pyridine rings is 2. The van der Waals surface area contributed by atoms with Gasteiger partial charge in [0, 0.05) is 54.0 Å². The predicted molar refractivity (Wildman–Crippen MR) is 198 cm³/mol. The lowest BCUT2D eigenvalue weighted by molar-refractivity contribution is -0.125. The van der Waals surface area contributed by atoms with Crippen LogP contribution in [-0.4, -0.2) is 57.0 Å². The molecule has 3 aromatic heterocycles. The molecule has 8 rings (SSSR count). The highest BCUT2D eigenvalue weighted by Gasteiger charge is 2.28. The van der Waals surface area contributed by atoms with Crippen molar-refractivity contribution in [1.29, 1.82) is 5.26 Å². The van der Waals surface area contributed by atoms with Gasteiger partial charge in [-0.3, -0.25) is 14.7 Å². The molecule has 0 aliphatic carbocycles. The number of Topliss-reactive ketones (excluding diaryl/α,β-unsaturated/α-hetero) is 1. The zero-order valence-electron chi connectivity index (χ0n) is 28.1. The fourth-order valence-corrected chi connectivity index (χ4v) is 7.73. The number of benzene rings is 3. The van der Waals surface area contributed by atoms with Crippen LogP contribution < -0.4 is 10.6 Å². The van der Waals surface area contributed by atoms with Crippen molar-refractivity contribution >= 4 is 50.9 Å². The Kier molecular flexibility index (Phi) is 8.96. The van der Waals surface area contributed by atoms with E-state index in [9.17, 15) is 15.2 Å². The molecule has 10 nitrogen and oxygen atoms in total. The van der Waals surface area contributed by atoms with Crippen LogP contribution in [0.3, 0.4) is 0 Å². The third-order valence-electron chi connectivity index (χ3n) is 10.1. The van der Waals surface area contributed by atoms with Crippen LogP contribution in [0.25, 0.3) is 44.6 Å². The molecule has 0 bridgehead atoms. The second-order valence-corrected chi connectivity index (χ2v) is 13.8. The average Bonchev–Trinajstić information content (AvgIpc) is 3.94. The molecule has 2 fully saturated rings. The van der Waals surface area contributed by atoms with E-state index in [0.29, 0.717) is 58.2 Å². The number of aliphatic hydroxyl groups excluding tert-OH is 1. The van der Waals surface area contributed by atoms with Crippen molar-refractivity contribution in [1.82, 2.24) is 25.2 Å². The number of oxazole rings is 1. The maximum Gasteiger partial charge on any atom is 0.227 e. The predicted octanol–water partition coefficient (Wildman–Crippen LogP) is 7.49. The monoisotopic (exact) mass is 697 g/mol. The van der Waals surface area contributed by atoms with Crippen LogP contribution in [0, 0.1) is 24.2 Å². The summed E-state index contributed by atoms with van der Waals surface area (Å²) < 4.78 is 6.27. The van der Waals surface area contributed by atoms with Gasteiger partial charge in [-0.2, -0.15) is 5.26 Å². The van der Waals surface area contributed by atoms with Crippen molar-refractivity contribution in [2.45, 2.75) is 38.8 Å². The first-order valence-electron chi connectivity index (χ1n) is 17.2. The standard InChI is InChI=1S/C40H36ClN7O3/c1-23-29(31-7-3-8-33(36(31)41)46-39-37-25(10-13-44-39)17-28(19-45-37)32-9-4-12-43-32)5-2-6-30(23)40-47-34-16-24(15-27(18-42)38(34)51-40)20-48-14-11-26(21-48)35(50)22-49/h2-3,5-8,10,13,15-17,19,26,32,43,49H,4,9,11-12,14,20-22H2,1H3,(H,44,46)/t26-,32?/m1/s1. The largest absolute Gasteiger partial charge is 0.435 e. The maximum absolute atomic E-state index is 12.0. The third-order valence-corrected chi connectivity index (χ3v) is 10.6. The molecular weight excluding hydrogens is 662 g/mol. The normalized spacial score (nSPS) is 17.7. The molecule has 2 saturated heterocycles. The van der Waals surface area contributed by atoms with E-state index >= 15 is 0 Å². The molecular formula is C40H36ClN7O3. The number of hydrogen-bond acceptors (Lipinski definition) is 10. The summed E-state index contributed by atoms with van der Waals surface area (Å²) in [6, 6.07) is 22.3. The van der Waals surface area contributed by atoms with Gasteiger partial charge in [-0.25, -0.2) is 9.97 Å². The Morgan fingerprint density at radius 3 is 2.78 bits per heavy atom. The van der Waals surface area contributed by atoms with Gasteiger partial charge in [0.25, 0.3) is 0 Å². The lowest BCUT2D eigenvalue weighted by atomic mass is 9.96. The van der Waals surface area contributed by atoms with Gasteiger partial charge in [-0.05, 0) is 97.9 Å². The van der Waals surface area contributed by atoms with E-state index < -0.39 is 6.61 Å². The molecule has 2 aliphatic heterocycles. The number of anilines is 2. The number of aromatic nitrogens is 3. The summed E-state index contributed by atoms with van der Waals surface area (Å²) in [4.78, 5) is 28.4. The molecule has 51 heavy (non-hydrogen) atoms. The topological polar surface area (TPSA) is 140 Å². The van der Waals surface area contributed by atoms with E-state index in [2.05, 4.69) is 32.7 Å². The minimum Gasteiger partial charge on any atom is -0.435 e. The maximum atomic E-state index is 12.0. The molecule has 11 heteroatoms. The number of halogens is 1. The van der Waals surface area contributed by atoms with Gasteiger partial charge < -0.3 is 20.2 Å². The number of likely N-dealkylation sites (tertiary alicyclic amines) is 1. The number of carbonyl (C=O) groups excluding carboxylic acids is 1. The zero-order chi connectivity index (χ0) is 35.1. The summed E-state index contributed by atoms with van der Waals surface area (Å²) in [5.74, 6) is 0.757. The first-order chi connectivity index (χ1) is 24.9. The lowest BCUT2D eigenvalue weighted by Gasteiger charge is -2.16. The second kappa shape index (κ2) is 13.9. The van der Waals surface area contributed by atoms with Gasteiger partial charge >= 0.3 is 0 Å². The number of nitrogens with zero attached hydrogens (tertiary/aromatic N) is 5. The van der Waals surface area contributed by atoms with Crippen molar-refractivity contribution in [3.05, 3.63) is 100 Å². The number of fused-ring (bicyclic) bond motifs is 2. The Morgan fingerprint density at radius 2 is 1.96 bits per heavy atom. The van der Waals surface area contributed by atoms with Crippen molar-refractivity contribution in [2.75, 3.05) is 31.6 Å². The van der Waals surface area contributed by atoms with Gasteiger partial charge in [-0.1, -0.05) is 35.9 Å². The minimum atomic E-state index is -0.431. The summed E-state index contributed by atoms with van der Waals surface area (Å²) >= 11 is 7.12. The molecule has 1 unspecified atom stereocenters. The van der Waals surface area contributed by atoms with Crippen LogP contribution in [0.2, 0.25) is 5.02 Å². The van der Waals surface area contributed by atoms with Crippen LogP contribution in [0.5, 0.6) is 0 Å². The van der Waals surface area contributed by atoms with E-state index in [0.717, 1.165) is 64.7 Å². The van der Waals surface area contributed by atoms with Gasteiger partial charge in [-0.15, -0.1) is 0 Å². The molecule has 6 aromatic rings. The van der Waals surface area contributed by atoms with Crippen LogP contribution in [0.1, 0.15) is 47.6 Å². The number of carbonyl (C=O) groups is 1. The molecule has 0 saturated carbocycles. The fourth-order valence-electron chi connectivity index (χ4n) is 7.46. The highest BCUT2D eigenvalue weighted by molar-refractivity contribution is 6.36. The van der Waals surface area contributed by atoms with Gasteiger partial charge in [0.15, 0.2) is 17.2 Å². The summed E-state index contributed by atoms with van der Waals surface area (Å²) in [6.45, 7) is 4.52. The Hall–Kier alpha value is -5.18. The molecule has 3 N–H and O–H groups in total. The summed E-state index contributed by atoms with van der Waals surface area (Å²) in [5.41, 5.74) is 8.49. The van der Waals surface area contributed by atoms with Crippen LogP contribution in [0.15, 0.2) is 77.5 Å². The summed E-state index contributed by atoms with van der Waals surface area (Å²) in [6.07, 6.45) is 6.71. The van der Waals surface area contributed by atoms with Crippen molar-refractivity contribution in [3.63, 3.8) is 0 Å². The average molecular weight is 698 g/mol. The fraction of sp³-hybridized carbons (Fsp3) is 0.275. The highest BCUT2D eigenvalue weighted by Crippen LogP contribution is 2.40. The number of nitrogens with one attached hydrogen (secondary N) is 2. The van der Waals surface area contributed by atoms with E-state index in [1.807, 2.05) is 67.7 Å².